The third kappa shape index (κ3) is 1.23. The second-order valence-corrected chi connectivity index (χ2v) is 1.90. The van der Waals surface area contributed by atoms with Crippen molar-refractivity contribution in [3.05, 3.63) is 21.4 Å². The minimum atomic E-state index is -1.28. The molecule has 0 saturated carbocycles. The smallest absolute Gasteiger partial charge is 0.340 e. The van der Waals surface area contributed by atoms with Crippen LogP contribution in [0.5, 0.6) is 0 Å². The third-order valence-corrected chi connectivity index (χ3v) is 1.23. The van der Waals surface area contributed by atoms with E-state index in [1.54, 1.807) is 0 Å². The first-order valence-electron chi connectivity index (χ1n) is 2.73. The molecule has 1 heterocycles. The molecular formula is C5H4N2O4. The average molecular weight is 156 g/mol. The van der Waals surface area contributed by atoms with E-state index in [0.717, 1.165) is 6.21 Å². The Morgan fingerprint density at radius 3 is 2.82 bits per heavy atom. The third-order valence-electron chi connectivity index (χ3n) is 1.23. The number of allylic oxidation sites excluding steroid dienone is 1. The fourth-order valence-electron chi connectivity index (χ4n) is 0.717. The van der Waals surface area contributed by atoms with Crippen LogP contribution in [0.25, 0.3) is 0 Å². The molecule has 0 aromatic rings. The van der Waals surface area contributed by atoms with Gasteiger partial charge in [-0.2, -0.15) is 0 Å². The lowest BCUT2D eigenvalue weighted by atomic mass is 10.2. The fourth-order valence-corrected chi connectivity index (χ4v) is 0.717. The molecule has 0 unspecified atom stereocenters. The summed E-state index contributed by atoms with van der Waals surface area (Å²) in [7, 11) is 0. The summed E-state index contributed by atoms with van der Waals surface area (Å²) >= 11 is 0. The summed E-state index contributed by atoms with van der Waals surface area (Å²) in [6.45, 7) is -0.106. The van der Waals surface area contributed by atoms with E-state index < -0.39 is 16.6 Å². The van der Waals surface area contributed by atoms with E-state index >= 15 is 0 Å². The lowest BCUT2D eigenvalue weighted by Gasteiger charge is -1.90. The molecule has 0 bridgehead atoms. The number of carbonyl (C=O) groups is 1. The summed E-state index contributed by atoms with van der Waals surface area (Å²) in [5.74, 6) is -1.28. The van der Waals surface area contributed by atoms with Crippen molar-refractivity contribution >= 4 is 12.2 Å². The molecule has 6 heteroatoms. The maximum atomic E-state index is 10.3. The molecule has 0 spiro atoms. The van der Waals surface area contributed by atoms with Crippen LogP contribution < -0.4 is 0 Å². The van der Waals surface area contributed by atoms with Gasteiger partial charge in [-0.3, -0.25) is 15.1 Å². The van der Waals surface area contributed by atoms with E-state index in [9.17, 15) is 14.9 Å². The minimum absolute atomic E-state index is 0.106. The second kappa shape index (κ2) is 2.49. The number of nitro groups is 1. The van der Waals surface area contributed by atoms with E-state index in [1.165, 1.54) is 0 Å². The Balaban J connectivity index is 3.02. The SMILES string of the molecule is O=C(O)C1=C([N+](=O)[O-])C=NC1. The van der Waals surface area contributed by atoms with Gasteiger partial charge in [0.05, 0.1) is 11.5 Å². The van der Waals surface area contributed by atoms with Gasteiger partial charge in [0.15, 0.2) is 0 Å². The standard InChI is InChI=1S/C5H4N2O4/c8-5(9)3-1-6-2-4(3)7(10)11/h2H,1H2,(H,8,9). The first-order chi connectivity index (χ1) is 5.13. The van der Waals surface area contributed by atoms with Crippen molar-refractivity contribution < 1.29 is 14.8 Å². The lowest BCUT2D eigenvalue weighted by molar-refractivity contribution is -0.414. The van der Waals surface area contributed by atoms with Crippen LogP contribution in [0, 0.1) is 10.1 Å². The van der Waals surface area contributed by atoms with Crippen molar-refractivity contribution in [3.63, 3.8) is 0 Å². The minimum Gasteiger partial charge on any atom is -0.478 e. The van der Waals surface area contributed by atoms with Gasteiger partial charge in [-0.15, -0.1) is 0 Å². The van der Waals surface area contributed by atoms with Crippen molar-refractivity contribution in [1.82, 2.24) is 0 Å². The van der Waals surface area contributed by atoms with Crippen molar-refractivity contribution in [2.75, 3.05) is 6.54 Å². The highest BCUT2D eigenvalue weighted by molar-refractivity contribution is 5.97. The average Bonchev–Trinajstić information content (AvgIpc) is 2.32. The zero-order valence-corrected chi connectivity index (χ0v) is 5.35. The summed E-state index contributed by atoms with van der Waals surface area (Å²) in [6.07, 6.45) is 0.962. The maximum absolute atomic E-state index is 10.3. The predicted molar refractivity (Wildman–Crippen MR) is 35.0 cm³/mol. The molecule has 0 radical (unpaired) electrons. The van der Waals surface area contributed by atoms with Gasteiger partial charge in [0.25, 0.3) is 5.70 Å². The van der Waals surface area contributed by atoms with Crippen LogP contribution in [0.4, 0.5) is 0 Å². The quantitative estimate of drug-likeness (QED) is 0.438. The number of carboxylic acid groups (broad SMARTS) is 1. The molecule has 0 atom stereocenters. The van der Waals surface area contributed by atoms with Crippen molar-refractivity contribution in [2.45, 2.75) is 0 Å². The summed E-state index contributed by atoms with van der Waals surface area (Å²) < 4.78 is 0. The van der Waals surface area contributed by atoms with E-state index in [1.807, 2.05) is 0 Å². The van der Waals surface area contributed by atoms with E-state index in [0.29, 0.717) is 0 Å². The monoisotopic (exact) mass is 156 g/mol. The van der Waals surface area contributed by atoms with Crippen LogP contribution in [-0.4, -0.2) is 28.8 Å². The van der Waals surface area contributed by atoms with Crippen molar-refractivity contribution in [2.24, 2.45) is 4.99 Å². The van der Waals surface area contributed by atoms with Crippen LogP contribution in [0.1, 0.15) is 0 Å². The Kier molecular flexibility index (Phi) is 1.67. The Bertz CT molecular complexity index is 278. The molecule has 1 rings (SSSR count). The molecule has 11 heavy (non-hydrogen) atoms. The molecule has 1 N–H and O–H groups in total. The molecule has 58 valence electrons. The fraction of sp³-hybridized carbons (Fsp3) is 0.200. The second-order valence-electron chi connectivity index (χ2n) is 1.90. The van der Waals surface area contributed by atoms with Crippen LogP contribution in [0.15, 0.2) is 16.3 Å². The van der Waals surface area contributed by atoms with Gasteiger partial charge in [0, 0.05) is 0 Å². The Labute approximate surface area is 61.0 Å². The Morgan fingerprint density at radius 2 is 2.45 bits per heavy atom. The molecule has 6 nitrogen and oxygen atoms in total. The molecule has 0 saturated heterocycles. The van der Waals surface area contributed by atoms with Gasteiger partial charge in [-0.05, 0) is 0 Å². The van der Waals surface area contributed by atoms with Crippen LogP contribution in [0.2, 0.25) is 0 Å². The molecule has 0 aromatic heterocycles. The Hall–Kier alpha value is -1.72. The maximum Gasteiger partial charge on any atom is 0.340 e. The van der Waals surface area contributed by atoms with Crippen molar-refractivity contribution in [1.29, 1.82) is 0 Å². The van der Waals surface area contributed by atoms with Crippen LogP contribution in [0.3, 0.4) is 0 Å². The summed E-state index contributed by atoms with van der Waals surface area (Å²) in [4.78, 5) is 23.1. The molecule has 0 fully saturated rings. The van der Waals surface area contributed by atoms with Gasteiger partial charge in [-0.25, -0.2) is 4.79 Å². The summed E-state index contributed by atoms with van der Waals surface area (Å²) in [5, 5.41) is 18.5. The molecule has 1 aliphatic rings. The van der Waals surface area contributed by atoms with E-state index in [2.05, 4.69) is 4.99 Å². The van der Waals surface area contributed by atoms with Gasteiger partial charge in [0.1, 0.15) is 11.8 Å². The predicted octanol–water partition coefficient (Wildman–Crippen LogP) is -0.314. The number of hydrogen-bond donors (Lipinski definition) is 1. The summed E-state index contributed by atoms with van der Waals surface area (Å²) in [5.41, 5.74) is -0.674. The summed E-state index contributed by atoms with van der Waals surface area (Å²) in [6, 6.07) is 0. The number of rotatable bonds is 2. The molecular weight excluding hydrogens is 152 g/mol. The molecule has 1 aliphatic heterocycles. The number of nitrogens with zero attached hydrogens (tertiary/aromatic N) is 2. The van der Waals surface area contributed by atoms with Crippen LogP contribution in [-0.2, 0) is 4.79 Å². The van der Waals surface area contributed by atoms with E-state index in [4.69, 9.17) is 5.11 Å². The van der Waals surface area contributed by atoms with Crippen molar-refractivity contribution in [3.8, 4) is 0 Å². The van der Waals surface area contributed by atoms with Gasteiger partial charge >= 0.3 is 5.97 Å². The molecule has 0 aliphatic carbocycles. The first kappa shape index (κ1) is 7.39. The highest BCUT2D eigenvalue weighted by atomic mass is 16.6. The van der Waals surface area contributed by atoms with Gasteiger partial charge < -0.3 is 5.11 Å². The van der Waals surface area contributed by atoms with Gasteiger partial charge in [-0.1, -0.05) is 0 Å². The lowest BCUT2D eigenvalue weighted by Crippen LogP contribution is -2.09. The number of aliphatic imine (C=N–C) groups is 1. The zero-order chi connectivity index (χ0) is 8.43. The van der Waals surface area contributed by atoms with Crippen LogP contribution >= 0.6 is 0 Å². The van der Waals surface area contributed by atoms with E-state index in [-0.39, 0.29) is 12.1 Å². The highest BCUT2D eigenvalue weighted by Crippen LogP contribution is 2.10. The Morgan fingerprint density at radius 1 is 1.82 bits per heavy atom. The largest absolute Gasteiger partial charge is 0.478 e. The normalized spacial score (nSPS) is 15.6. The number of hydrogen-bond acceptors (Lipinski definition) is 4. The molecule has 0 amide bonds. The number of aliphatic carboxylic acids is 1. The van der Waals surface area contributed by atoms with Gasteiger partial charge in [0.2, 0.25) is 0 Å². The number of carboxylic acids is 1. The highest BCUT2D eigenvalue weighted by Gasteiger charge is 2.25. The molecule has 0 aromatic carbocycles. The first-order valence-corrected chi connectivity index (χ1v) is 2.73. The topological polar surface area (TPSA) is 92.8 Å². The zero-order valence-electron chi connectivity index (χ0n) is 5.35.